The minimum atomic E-state index is -0.184. The third kappa shape index (κ3) is 2.38. The van der Waals surface area contributed by atoms with Crippen molar-refractivity contribution in [2.24, 2.45) is 5.73 Å². The van der Waals surface area contributed by atoms with Crippen LogP contribution in [0.1, 0.15) is 42.7 Å². The minimum absolute atomic E-state index is 0.184. The van der Waals surface area contributed by atoms with Crippen LogP contribution in [0.2, 0.25) is 0 Å². The van der Waals surface area contributed by atoms with E-state index in [4.69, 9.17) is 5.73 Å². The Morgan fingerprint density at radius 3 is 2.93 bits per heavy atom. The first-order chi connectivity index (χ1) is 7.27. The van der Waals surface area contributed by atoms with Gasteiger partial charge in [0, 0.05) is 6.42 Å². The van der Waals surface area contributed by atoms with Crippen molar-refractivity contribution >= 4 is 5.91 Å². The SMILES string of the molecule is NC(=O)C[C@H]1CCCCc2ccccc21. The number of primary amides is 1. The summed E-state index contributed by atoms with van der Waals surface area (Å²) in [6.45, 7) is 0. The van der Waals surface area contributed by atoms with Gasteiger partial charge >= 0.3 is 0 Å². The highest BCUT2D eigenvalue weighted by Crippen LogP contribution is 2.32. The van der Waals surface area contributed by atoms with E-state index in [9.17, 15) is 4.79 Å². The number of carbonyl (C=O) groups is 1. The summed E-state index contributed by atoms with van der Waals surface area (Å²) in [5.41, 5.74) is 8.04. The van der Waals surface area contributed by atoms with Crippen molar-refractivity contribution in [3.05, 3.63) is 35.4 Å². The molecule has 0 aliphatic heterocycles. The lowest BCUT2D eigenvalue weighted by Gasteiger charge is -2.15. The van der Waals surface area contributed by atoms with Crippen molar-refractivity contribution < 1.29 is 4.79 Å². The molecule has 0 heterocycles. The number of aryl methyl sites for hydroxylation is 1. The molecule has 2 N–H and O–H groups in total. The van der Waals surface area contributed by atoms with E-state index >= 15 is 0 Å². The molecule has 0 bridgehead atoms. The van der Waals surface area contributed by atoms with E-state index in [1.807, 2.05) is 0 Å². The van der Waals surface area contributed by atoms with Gasteiger partial charge < -0.3 is 5.73 Å². The fraction of sp³-hybridized carbons (Fsp3) is 0.462. The van der Waals surface area contributed by atoms with E-state index in [1.54, 1.807) is 0 Å². The van der Waals surface area contributed by atoms with Crippen LogP contribution >= 0.6 is 0 Å². The van der Waals surface area contributed by atoms with Gasteiger partial charge in [0.1, 0.15) is 0 Å². The summed E-state index contributed by atoms with van der Waals surface area (Å²) in [6.07, 6.45) is 5.17. The number of hydrogen-bond donors (Lipinski definition) is 1. The molecule has 2 heteroatoms. The van der Waals surface area contributed by atoms with Gasteiger partial charge in [-0.1, -0.05) is 30.7 Å². The van der Waals surface area contributed by atoms with Crippen LogP contribution < -0.4 is 5.73 Å². The Morgan fingerprint density at radius 2 is 2.13 bits per heavy atom. The van der Waals surface area contributed by atoms with Gasteiger partial charge in [0.15, 0.2) is 0 Å². The van der Waals surface area contributed by atoms with Gasteiger partial charge in [0.05, 0.1) is 0 Å². The number of benzene rings is 1. The van der Waals surface area contributed by atoms with E-state index in [0.717, 1.165) is 12.8 Å². The molecule has 0 saturated carbocycles. The van der Waals surface area contributed by atoms with Crippen molar-refractivity contribution in [1.29, 1.82) is 0 Å². The summed E-state index contributed by atoms with van der Waals surface area (Å²) in [6, 6.07) is 8.45. The highest BCUT2D eigenvalue weighted by atomic mass is 16.1. The van der Waals surface area contributed by atoms with Gasteiger partial charge in [-0.25, -0.2) is 0 Å². The summed E-state index contributed by atoms with van der Waals surface area (Å²) in [5.74, 6) is 0.165. The maximum absolute atomic E-state index is 11.0. The Bertz CT molecular complexity index is 359. The zero-order valence-corrected chi connectivity index (χ0v) is 8.91. The van der Waals surface area contributed by atoms with E-state index in [1.165, 1.54) is 24.0 Å². The summed E-state index contributed by atoms with van der Waals surface area (Å²) in [4.78, 5) is 11.0. The molecule has 1 aromatic rings. The average molecular weight is 203 g/mol. The molecule has 1 aliphatic rings. The molecule has 2 rings (SSSR count). The normalized spacial score (nSPS) is 20.4. The van der Waals surface area contributed by atoms with Crippen LogP contribution in [0.25, 0.3) is 0 Å². The fourth-order valence-corrected chi connectivity index (χ4v) is 2.48. The molecule has 80 valence electrons. The number of hydrogen-bond acceptors (Lipinski definition) is 1. The van der Waals surface area contributed by atoms with Crippen LogP contribution in [-0.2, 0) is 11.2 Å². The summed E-state index contributed by atoms with van der Waals surface area (Å²) < 4.78 is 0. The van der Waals surface area contributed by atoms with Gasteiger partial charge in [-0.3, -0.25) is 4.79 Å². The second-order valence-corrected chi connectivity index (χ2v) is 4.31. The van der Waals surface area contributed by atoms with E-state index in [0.29, 0.717) is 12.3 Å². The van der Waals surface area contributed by atoms with Crippen LogP contribution in [0.15, 0.2) is 24.3 Å². The Morgan fingerprint density at radius 1 is 1.33 bits per heavy atom. The first-order valence-electron chi connectivity index (χ1n) is 5.63. The molecule has 15 heavy (non-hydrogen) atoms. The standard InChI is InChI=1S/C13H17NO/c14-13(15)9-11-7-2-1-5-10-6-3-4-8-12(10)11/h3-4,6,8,11H,1-2,5,7,9H2,(H2,14,15)/t11-/m1/s1. The van der Waals surface area contributed by atoms with Crippen molar-refractivity contribution in [3.8, 4) is 0 Å². The van der Waals surface area contributed by atoms with E-state index in [2.05, 4.69) is 24.3 Å². The van der Waals surface area contributed by atoms with Gasteiger partial charge in [-0.15, -0.1) is 0 Å². The molecule has 0 radical (unpaired) electrons. The number of rotatable bonds is 2. The molecule has 0 aromatic heterocycles. The minimum Gasteiger partial charge on any atom is -0.370 e. The highest BCUT2D eigenvalue weighted by Gasteiger charge is 2.19. The van der Waals surface area contributed by atoms with Gasteiger partial charge in [0.2, 0.25) is 5.91 Å². The predicted molar refractivity (Wildman–Crippen MR) is 60.5 cm³/mol. The first kappa shape index (κ1) is 10.2. The van der Waals surface area contributed by atoms with Crippen LogP contribution in [0, 0.1) is 0 Å². The second kappa shape index (κ2) is 4.47. The van der Waals surface area contributed by atoms with E-state index < -0.39 is 0 Å². The zero-order chi connectivity index (χ0) is 10.7. The Balaban J connectivity index is 2.28. The molecular formula is C13H17NO. The lowest BCUT2D eigenvalue weighted by molar-refractivity contribution is -0.118. The Kier molecular flexibility index (Phi) is 3.05. The average Bonchev–Trinajstić information content (AvgIpc) is 2.41. The third-order valence-electron chi connectivity index (χ3n) is 3.19. The van der Waals surface area contributed by atoms with Crippen LogP contribution in [0.3, 0.4) is 0 Å². The number of amides is 1. The molecule has 0 spiro atoms. The molecule has 0 unspecified atom stereocenters. The number of nitrogens with two attached hydrogens (primary N) is 1. The molecule has 1 amide bonds. The van der Waals surface area contributed by atoms with Crippen molar-refractivity contribution in [1.82, 2.24) is 0 Å². The van der Waals surface area contributed by atoms with Crippen LogP contribution in [0.5, 0.6) is 0 Å². The number of carbonyl (C=O) groups excluding carboxylic acids is 1. The fourth-order valence-electron chi connectivity index (χ4n) is 2.48. The molecule has 1 aromatic carbocycles. The maximum atomic E-state index is 11.0. The van der Waals surface area contributed by atoms with Gasteiger partial charge in [-0.2, -0.15) is 0 Å². The van der Waals surface area contributed by atoms with E-state index in [-0.39, 0.29) is 5.91 Å². The molecule has 0 saturated heterocycles. The monoisotopic (exact) mass is 203 g/mol. The molecule has 1 atom stereocenters. The predicted octanol–water partition coefficient (Wildman–Crippen LogP) is 2.37. The number of fused-ring (bicyclic) bond motifs is 1. The largest absolute Gasteiger partial charge is 0.370 e. The third-order valence-corrected chi connectivity index (χ3v) is 3.19. The molecular weight excluding hydrogens is 186 g/mol. The first-order valence-corrected chi connectivity index (χ1v) is 5.63. The quantitative estimate of drug-likeness (QED) is 0.737. The van der Waals surface area contributed by atoms with Crippen LogP contribution in [-0.4, -0.2) is 5.91 Å². The van der Waals surface area contributed by atoms with Crippen molar-refractivity contribution in [2.75, 3.05) is 0 Å². The highest BCUT2D eigenvalue weighted by molar-refractivity contribution is 5.74. The zero-order valence-electron chi connectivity index (χ0n) is 8.91. The topological polar surface area (TPSA) is 43.1 Å². The second-order valence-electron chi connectivity index (χ2n) is 4.31. The van der Waals surface area contributed by atoms with Crippen LogP contribution in [0.4, 0.5) is 0 Å². The Hall–Kier alpha value is -1.31. The maximum Gasteiger partial charge on any atom is 0.218 e. The molecule has 0 fully saturated rings. The van der Waals surface area contributed by atoms with Crippen molar-refractivity contribution in [2.45, 2.75) is 38.0 Å². The summed E-state index contributed by atoms with van der Waals surface area (Å²) in [5, 5.41) is 0. The summed E-state index contributed by atoms with van der Waals surface area (Å²) >= 11 is 0. The summed E-state index contributed by atoms with van der Waals surface area (Å²) in [7, 11) is 0. The Labute approximate surface area is 90.5 Å². The molecule has 1 aliphatic carbocycles. The van der Waals surface area contributed by atoms with Crippen molar-refractivity contribution in [3.63, 3.8) is 0 Å². The molecule has 2 nitrogen and oxygen atoms in total. The smallest absolute Gasteiger partial charge is 0.218 e. The lowest BCUT2D eigenvalue weighted by Crippen LogP contribution is -2.15. The lowest BCUT2D eigenvalue weighted by atomic mass is 9.90. The van der Waals surface area contributed by atoms with Gasteiger partial charge in [0.25, 0.3) is 0 Å². The van der Waals surface area contributed by atoms with Gasteiger partial charge in [-0.05, 0) is 36.3 Å².